The first-order chi connectivity index (χ1) is 12.8. The molecule has 4 rings (SSSR count). The summed E-state index contributed by atoms with van der Waals surface area (Å²) in [6, 6.07) is 10.8. The predicted molar refractivity (Wildman–Crippen MR) is 94.0 cm³/mol. The first-order valence-electron chi connectivity index (χ1n) is 7.98. The Hall–Kier alpha value is -3.74. The number of hydrogen-bond donors (Lipinski definition) is 0. The van der Waals surface area contributed by atoms with E-state index < -0.39 is 0 Å². The molecule has 0 bridgehead atoms. The summed E-state index contributed by atoms with van der Waals surface area (Å²) >= 11 is 0. The Balaban J connectivity index is 1.42. The van der Waals surface area contributed by atoms with E-state index in [1.54, 1.807) is 54.1 Å². The molecule has 0 radical (unpaired) electrons. The van der Waals surface area contributed by atoms with E-state index in [0.717, 1.165) is 17.1 Å². The molecule has 7 heteroatoms. The van der Waals surface area contributed by atoms with Crippen molar-refractivity contribution in [3.8, 4) is 11.5 Å². The van der Waals surface area contributed by atoms with Crippen molar-refractivity contribution in [3.63, 3.8) is 0 Å². The minimum absolute atomic E-state index is 0.173. The van der Waals surface area contributed by atoms with Crippen LogP contribution in [-0.4, -0.2) is 30.1 Å². The summed E-state index contributed by atoms with van der Waals surface area (Å²) in [6.07, 6.45) is 12.1. The van der Waals surface area contributed by atoms with Crippen LogP contribution in [0.25, 0.3) is 11.5 Å². The first-order valence-corrected chi connectivity index (χ1v) is 7.98. The second-order valence-corrected chi connectivity index (χ2v) is 5.59. The van der Waals surface area contributed by atoms with Crippen LogP contribution >= 0.6 is 0 Å². The average molecular weight is 345 g/mol. The summed E-state index contributed by atoms with van der Waals surface area (Å²) in [5.41, 5.74) is 2.28. The van der Waals surface area contributed by atoms with Crippen LogP contribution in [0.2, 0.25) is 0 Å². The number of esters is 1. The normalized spacial score (nSPS) is 10.6. The van der Waals surface area contributed by atoms with Gasteiger partial charge in [-0.2, -0.15) is 0 Å². The Bertz CT molecular complexity index is 993. The van der Waals surface area contributed by atoms with Crippen molar-refractivity contribution in [3.05, 3.63) is 91.2 Å². The second-order valence-electron chi connectivity index (χ2n) is 5.59. The number of imidazole rings is 2. The lowest BCUT2D eigenvalue weighted by atomic mass is 10.2. The molecule has 0 spiro atoms. The molecule has 0 N–H and O–H groups in total. The Labute approximate surface area is 149 Å². The highest BCUT2D eigenvalue weighted by atomic mass is 16.5. The van der Waals surface area contributed by atoms with E-state index >= 15 is 0 Å². The molecule has 0 saturated carbocycles. The maximum absolute atomic E-state index is 12.3. The van der Waals surface area contributed by atoms with Gasteiger partial charge in [-0.1, -0.05) is 0 Å². The van der Waals surface area contributed by atoms with Crippen molar-refractivity contribution in [1.82, 2.24) is 24.1 Å². The SMILES string of the molecule is O=C(OCc1ccnc(-n2ccnc2)c1)c1ccc(-n2ccnc2)cc1. The van der Waals surface area contributed by atoms with Gasteiger partial charge in [0, 0.05) is 36.7 Å². The van der Waals surface area contributed by atoms with Crippen LogP contribution in [0.1, 0.15) is 15.9 Å². The van der Waals surface area contributed by atoms with Gasteiger partial charge in [0.25, 0.3) is 0 Å². The van der Waals surface area contributed by atoms with E-state index in [4.69, 9.17) is 4.74 Å². The lowest BCUT2D eigenvalue weighted by Crippen LogP contribution is -2.06. The summed E-state index contributed by atoms with van der Waals surface area (Å²) in [6.45, 7) is 0.173. The maximum Gasteiger partial charge on any atom is 0.338 e. The van der Waals surface area contributed by atoms with Crippen molar-refractivity contribution in [2.24, 2.45) is 0 Å². The maximum atomic E-state index is 12.3. The van der Waals surface area contributed by atoms with Gasteiger partial charge in [-0.25, -0.2) is 19.7 Å². The largest absolute Gasteiger partial charge is 0.457 e. The highest BCUT2D eigenvalue weighted by molar-refractivity contribution is 5.89. The number of benzene rings is 1. The third-order valence-electron chi connectivity index (χ3n) is 3.85. The molecule has 128 valence electrons. The molecule has 4 aromatic rings. The van der Waals surface area contributed by atoms with Gasteiger partial charge in [-0.3, -0.25) is 4.57 Å². The predicted octanol–water partition coefficient (Wildman–Crippen LogP) is 2.81. The number of rotatable bonds is 5. The van der Waals surface area contributed by atoms with Crippen LogP contribution in [0.4, 0.5) is 0 Å². The molecule has 0 aliphatic heterocycles. The number of ether oxygens (including phenoxy) is 1. The van der Waals surface area contributed by atoms with Crippen LogP contribution in [0.3, 0.4) is 0 Å². The molecule has 0 saturated heterocycles. The fraction of sp³-hybridized carbons (Fsp3) is 0.0526. The van der Waals surface area contributed by atoms with E-state index in [-0.39, 0.29) is 12.6 Å². The van der Waals surface area contributed by atoms with Gasteiger partial charge in [0.1, 0.15) is 18.8 Å². The number of aromatic nitrogens is 5. The fourth-order valence-corrected chi connectivity index (χ4v) is 2.50. The number of pyridine rings is 1. The van der Waals surface area contributed by atoms with Crippen molar-refractivity contribution >= 4 is 5.97 Å². The summed E-state index contributed by atoms with van der Waals surface area (Å²) < 4.78 is 9.06. The van der Waals surface area contributed by atoms with Gasteiger partial charge < -0.3 is 9.30 Å². The summed E-state index contributed by atoms with van der Waals surface area (Å²) in [5.74, 6) is 0.351. The molecule has 0 aliphatic rings. The third-order valence-corrected chi connectivity index (χ3v) is 3.85. The molecule has 3 heterocycles. The molecule has 3 aromatic heterocycles. The minimum Gasteiger partial charge on any atom is -0.457 e. The van der Waals surface area contributed by atoms with Gasteiger partial charge >= 0.3 is 5.97 Å². The molecular formula is C19H15N5O2. The quantitative estimate of drug-likeness (QED) is 0.520. The number of hydrogen-bond acceptors (Lipinski definition) is 5. The van der Waals surface area contributed by atoms with E-state index in [0.29, 0.717) is 5.56 Å². The number of carbonyl (C=O) groups is 1. The van der Waals surface area contributed by atoms with E-state index in [9.17, 15) is 4.79 Å². The Morgan fingerprint density at radius 1 is 0.923 bits per heavy atom. The van der Waals surface area contributed by atoms with Crippen molar-refractivity contribution in [1.29, 1.82) is 0 Å². The van der Waals surface area contributed by atoms with Crippen LogP contribution in [0.5, 0.6) is 0 Å². The monoisotopic (exact) mass is 345 g/mol. The van der Waals surface area contributed by atoms with E-state index in [1.807, 2.05) is 35.0 Å². The highest BCUT2D eigenvalue weighted by Crippen LogP contribution is 2.12. The minimum atomic E-state index is -0.372. The lowest BCUT2D eigenvalue weighted by Gasteiger charge is -2.08. The standard InChI is InChI=1S/C19H15N5O2/c25-19(16-1-3-17(4-2-16)23-9-7-20-13-23)26-12-15-5-6-22-18(11-15)24-10-8-21-14-24/h1-11,13-14H,12H2. The zero-order valence-corrected chi connectivity index (χ0v) is 13.8. The third kappa shape index (κ3) is 3.36. The topological polar surface area (TPSA) is 74.8 Å². The summed E-state index contributed by atoms with van der Waals surface area (Å²) in [4.78, 5) is 24.5. The molecule has 1 aromatic carbocycles. The van der Waals surface area contributed by atoms with Crippen LogP contribution in [-0.2, 0) is 11.3 Å². The molecule has 0 aliphatic carbocycles. The Morgan fingerprint density at radius 3 is 2.35 bits per heavy atom. The van der Waals surface area contributed by atoms with E-state index in [1.165, 1.54) is 0 Å². The summed E-state index contributed by atoms with van der Waals surface area (Å²) in [5, 5.41) is 0. The van der Waals surface area contributed by atoms with Gasteiger partial charge in [-0.05, 0) is 42.0 Å². The first kappa shape index (κ1) is 15.8. The smallest absolute Gasteiger partial charge is 0.338 e. The molecule has 0 atom stereocenters. The number of nitrogens with zero attached hydrogens (tertiary/aromatic N) is 5. The van der Waals surface area contributed by atoms with Crippen molar-refractivity contribution in [2.75, 3.05) is 0 Å². The number of carbonyl (C=O) groups excluding carboxylic acids is 1. The van der Waals surface area contributed by atoms with Crippen LogP contribution in [0.15, 0.2) is 80.0 Å². The molecule has 0 fully saturated rings. The van der Waals surface area contributed by atoms with Crippen LogP contribution < -0.4 is 0 Å². The molecular weight excluding hydrogens is 330 g/mol. The zero-order chi connectivity index (χ0) is 17.8. The molecule has 0 unspecified atom stereocenters. The fourth-order valence-electron chi connectivity index (χ4n) is 2.50. The van der Waals surface area contributed by atoms with Crippen LogP contribution in [0, 0.1) is 0 Å². The lowest BCUT2D eigenvalue weighted by molar-refractivity contribution is 0.0472. The Morgan fingerprint density at radius 2 is 1.65 bits per heavy atom. The van der Waals surface area contributed by atoms with Gasteiger partial charge in [-0.15, -0.1) is 0 Å². The van der Waals surface area contributed by atoms with Gasteiger partial charge in [0.05, 0.1) is 11.9 Å². The summed E-state index contributed by atoms with van der Waals surface area (Å²) in [7, 11) is 0. The highest BCUT2D eigenvalue weighted by Gasteiger charge is 2.08. The molecule has 26 heavy (non-hydrogen) atoms. The second kappa shape index (κ2) is 7.02. The van der Waals surface area contributed by atoms with E-state index in [2.05, 4.69) is 15.0 Å². The Kier molecular flexibility index (Phi) is 4.26. The molecule has 0 amide bonds. The molecule has 7 nitrogen and oxygen atoms in total. The zero-order valence-electron chi connectivity index (χ0n) is 13.8. The van der Waals surface area contributed by atoms with Crippen molar-refractivity contribution in [2.45, 2.75) is 6.61 Å². The average Bonchev–Trinajstić information content (AvgIpc) is 3.40. The van der Waals surface area contributed by atoms with Gasteiger partial charge in [0.2, 0.25) is 0 Å². The van der Waals surface area contributed by atoms with Crippen molar-refractivity contribution < 1.29 is 9.53 Å². The van der Waals surface area contributed by atoms with Gasteiger partial charge in [0.15, 0.2) is 0 Å².